The highest BCUT2D eigenvalue weighted by molar-refractivity contribution is 6.15. The lowest BCUT2D eigenvalue weighted by atomic mass is 9.62. The molecule has 1 aliphatic rings. The predicted molar refractivity (Wildman–Crippen MR) is 147 cm³/mol. The number of furan rings is 1. The first kappa shape index (κ1) is 16.5. The number of rotatable bonds is 1. The molecule has 0 amide bonds. The molecule has 0 saturated carbocycles. The van der Waals surface area contributed by atoms with E-state index in [1.54, 1.807) is 36.0 Å². The van der Waals surface area contributed by atoms with Gasteiger partial charge in [-0.2, -0.15) is 0 Å². The van der Waals surface area contributed by atoms with E-state index in [2.05, 4.69) is 52.0 Å². The summed E-state index contributed by atoms with van der Waals surface area (Å²) in [6.07, 6.45) is 3.81. The lowest BCUT2D eigenvalue weighted by Gasteiger charge is -2.42. The van der Waals surface area contributed by atoms with E-state index < -0.39 is 13.7 Å². The third-order valence-electron chi connectivity index (χ3n) is 8.25. The summed E-state index contributed by atoms with van der Waals surface area (Å²) in [6, 6.07) is 13.7. The number of pyridine rings is 1. The lowest BCUT2D eigenvalue weighted by molar-refractivity contribution is -0.660. The first-order valence-corrected chi connectivity index (χ1v) is 12.4. The number of fused-ring (bicyclic) bond motifs is 6. The molecule has 1 aliphatic carbocycles. The highest BCUT2D eigenvalue weighted by Gasteiger charge is 2.38. The lowest BCUT2D eigenvalue weighted by Crippen LogP contribution is -2.34. The molecule has 0 aliphatic heterocycles. The number of hydrogen-bond donors (Lipinski definition) is 0. The van der Waals surface area contributed by atoms with Crippen LogP contribution in [-0.4, -0.2) is 0 Å². The van der Waals surface area contributed by atoms with Gasteiger partial charge in [0.15, 0.2) is 6.20 Å². The highest BCUT2D eigenvalue weighted by atomic mass is 16.3. The largest absolute Gasteiger partial charge is 0.455 e. The van der Waals surface area contributed by atoms with Crippen LogP contribution in [0.25, 0.3) is 44.0 Å². The van der Waals surface area contributed by atoms with E-state index in [0.717, 1.165) is 45.8 Å². The standard InChI is InChI=1S/C33H36NO/c1-19-9-12-26(34(8)18-19)29-21(3)15-20(2)28-24-16-22-10-11-25-30(23(22)17-27(24)35-31(28)29)33(6,7)14-13-32(25,4)5/h9-12,15-18H,13-14H2,1-8H3/q+1/i1D3,2D3. The summed E-state index contributed by atoms with van der Waals surface area (Å²) in [5.41, 5.74) is 6.68. The van der Waals surface area contributed by atoms with Crippen LogP contribution in [0, 0.1) is 20.6 Å². The number of benzene rings is 3. The average Bonchev–Trinajstić information content (AvgIpc) is 3.21. The van der Waals surface area contributed by atoms with Crippen molar-refractivity contribution in [1.82, 2.24) is 0 Å². The molecule has 0 N–H and O–H groups in total. The van der Waals surface area contributed by atoms with Gasteiger partial charge in [-0.25, -0.2) is 4.57 Å². The summed E-state index contributed by atoms with van der Waals surface area (Å²) in [6.45, 7) is 6.53. The molecule has 2 heterocycles. The normalized spacial score (nSPS) is 20.1. The van der Waals surface area contributed by atoms with Gasteiger partial charge in [0.25, 0.3) is 0 Å². The van der Waals surface area contributed by atoms with Crippen molar-refractivity contribution in [3.8, 4) is 11.3 Å². The SMILES string of the molecule is [2H]C([2H])([2H])c1ccc(-c2c(C)cc(C([2H])([2H])[2H])c3c2oc2cc4c5c(ccc4cc23)C(C)(C)CCC5(C)C)[n+](C)c1. The highest BCUT2D eigenvalue weighted by Crippen LogP contribution is 2.49. The Bertz CT molecular complexity index is 1890. The summed E-state index contributed by atoms with van der Waals surface area (Å²) in [5, 5.41) is 3.57. The first-order chi connectivity index (χ1) is 18.9. The fourth-order valence-corrected chi connectivity index (χ4v) is 6.26. The molecule has 0 bridgehead atoms. The van der Waals surface area contributed by atoms with Gasteiger partial charge >= 0.3 is 0 Å². The van der Waals surface area contributed by atoms with Crippen LogP contribution in [-0.2, 0) is 17.9 Å². The van der Waals surface area contributed by atoms with E-state index in [-0.39, 0.29) is 22.0 Å². The molecule has 2 aromatic heterocycles. The zero-order valence-electron chi connectivity index (χ0n) is 27.4. The third-order valence-corrected chi connectivity index (χ3v) is 8.25. The number of nitrogens with zero attached hydrogens (tertiary/aromatic N) is 1. The minimum absolute atomic E-state index is 0.00603. The Labute approximate surface area is 217 Å². The van der Waals surface area contributed by atoms with E-state index in [1.165, 1.54) is 11.1 Å². The zero-order valence-corrected chi connectivity index (χ0v) is 21.4. The average molecular weight is 469 g/mol. The molecule has 0 unspecified atom stereocenters. The maximum Gasteiger partial charge on any atom is 0.216 e. The summed E-state index contributed by atoms with van der Waals surface area (Å²) >= 11 is 0. The molecule has 0 saturated heterocycles. The van der Waals surface area contributed by atoms with Crippen LogP contribution in [0.5, 0.6) is 0 Å². The summed E-state index contributed by atoms with van der Waals surface area (Å²) in [5.74, 6) is 0. The maximum atomic E-state index is 8.39. The fourth-order valence-electron chi connectivity index (χ4n) is 6.26. The third kappa shape index (κ3) is 3.19. The van der Waals surface area contributed by atoms with E-state index in [0.29, 0.717) is 16.6 Å². The van der Waals surface area contributed by atoms with E-state index in [1.807, 2.05) is 6.92 Å². The fraction of sp³-hybridized carbons (Fsp3) is 0.364. The van der Waals surface area contributed by atoms with Crippen molar-refractivity contribution in [3.63, 3.8) is 0 Å². The topological polar surface area (TPSA) is 17.0 Å². The Morgan fingerprint density at radius 2 is 1.69 bits per heavy atom. The molecule has 3 aromatic carbocycles. The van der Waals surface area contributed by atoms with Crippen molar-refractivity contribution >= 4 is 32.7 Å². The van der Waals surface area contributed by atoms with Crippen LogP contribution >= 0.6 is 0 Å². The zero-order chi connectivity index (χ0) is 29.9. The van der Waals surface area contributed by atoms with Crippen molar-refractivity contribution in [1.29, 1.82) is 0 Å². The van der Waals surface area contributed by atoms with Gasteiger partial charge in [-0.15, -0.1) is 0 Å². The maximum absolute atomic E-state index is 8.39. The van der Waals surface area contributed by atoms with Crippen LogP contribution in [0.4, 0.5) is 0 Å². The minimum Gasteiger partial charge on any atom is -0.455 e. The number of aromatic nitrogens is 1. The van der Waals surface area contributed by atoms with Crippen molar-refractivity contribution in [2.24, 2.45) is 7.05 Å². The molecule has 178 valence electrons. The van der Waals surface area contributed by atoms with Crippen molar-refractivity contribution in [2.75, 3.05) is 0 Å². The molecule has 2 heteroatoms. The van der Waals surface area contributed by atoms with Gasteiger partial charge in [-0.3, -0.25) is 0 Å². The molecule has 0 spiro atoms. The van der Waals surface area contributed by atoms with E-state index in [9.17, 15) is 0 Å². The van der Waals surface area contributed by atoms with Gasteiger partial charge < -0.3 is 4.42 Å². The van der Waals surface area contributed by atoms with Crippen molar-refractivity contribution in [2.45, 2.75) is 72.0 Å². The van der Waals surface area contributed by atoms with Gasteiger partial charge in [-0.1, -0.05) is 45.9 Å². The Morgan fingerprint density at radius 1 is 0.886 bits per heavy atom. The molecule has 0 atom stereocenters. The Hall–Kier alpha value is -3.13. The van der Waals surface area contributed by atoms with Crippen LogP contribution < -0.4 is 4.57 Å². The first-order valence-electron chi connectivity index (χ1n) is 15.4. The Kier molecular flexibility index (Phi) is 3.40. The molecular weight excluding hydrogens is 426 g/mol. The monoisotopic (exact) mass is 468 g/mol. The van der Waals surface area contributed by atoms with Gasteiger partial charge in [0.1, 0.15) is 18.2 Å². The van der Waals surface area contributed by atoms with Crippen LogP contribution in [0.1, 0.15) is 76.6 Å². The molecule has 6 rings (SSSR count). The predicted octanol–water partition coefficient (Wildman–Crippen LogP) is 8.50. The smallest absolute Gasteiger partial charge is 0.216 e. The molecule has 35 heavy (non-hydrogen) atoms. The minimum atomic E-state index is -2.34. The summed E-state index contributed by atoms with van der Waals surface area (Å²) < 4.78 is 57.0. The second-order valence-electron chi connectivity index (χ2n) is 11.7. The van der Waals surface area contributed by atoms with Gasteiger partial charge in [0.2, 0.25) is 5.69 Å². The van der Waals surface area contributed by atoms with E-state index in [4.69, 9.17) is 12.6 Å². The van der Waals surface area contributed by atoms with Crippen molar-refractivity contribution < 1.29 is 17.2 Å². The van der Waals surface area contributed by atoms with Gasteiger partial charge in [0, 0.05) is 30.6 Å². The molecule has 2 nitrogen and oxygen atoms in total. The number of hydrogen-bond acceptors (Lipinski definition) is 1. The van der Waals surface area contributed by atoms with Crippen LogP contribution in [0.2, 0.25) is 0 Å². The van der Waals surface area contributed by atoms with Crippen molar-refractivity contribution in [3.05, 3.63) is 76.5 Å². The molecule has 0 radical (unpaired) electrons. The second-order valence-corrected chi connectivity index (χ2v) is 11.7. The summed E-state index contributed by atoms with van der Waals surface area (Å²) in [7, 11) is 1.81. The molecule has 0 fully saturated rings. The second kappa shape index (κ2) is 7.20. The van der Waals surface area contributed by atoms with Crippen LogP contribution in [0.15, 0.2) is 53.1 Å². The molecule has 5 aromatic rings. The Morgan fingerprint density at radius 3 is 2.43 bits per heavy atom. The quantitative estimate of drug-likeness (QED) is 0.225. The van der Waals surface area contributed by atoms with Crippen LogP contribution in [0.3, 0.4) is 0 Å². The Balaban J connectivity index is 1.73. The number of aryl methyl sites for hydroxylation is 4. The molecular formula is C33H36NO+. The van der Waals surface area contributed by atoms with Gasteiger partial charge in [0.05, 0.1) is 5.56 Å². The van der Waals surface area contributed by atoms with E-state index >= 15 is 0 Å². The van der Waals surface area contributed by atoms with Gasteiger partial charge in [-0.05, 0) is 95.5 Å². The summed E-state index contributed by atoms with van der Waals surface area (Å²) in [4.78, 5) is 0.